The van der Waals surface area contributed by atoms with E-state index in [9.17, 15) is 4.79 Å². The van der Waals surface area contributed by atoms with Crippen molar-refractivity contribution < 1.29 is 4.79 Å². The summed E-state index contributed by atoms with van der Waals surface area (Å²) in [5, 5.41) is 4.15. The van der Waals surface area contributed by atoms with E-state index in [-0.39, 0.29) is 5.78 Å². The van der Waals surface area contributed by atoms with Gasteiger partial charge in [-0.3, -0.25) is 9.48 Å². The van der Waals surface area contributed by atoms with E-state index in [1.54, 1.807) is 17.8 Å². The third-order valence-corrected chi connectivity index (χ3v) is 3.48. The van der Waals surface area contributed by atoms with Gasteiger partial charge < -0.3 is 0 Å². The Morgan fingerprint density at radius 3 is 2.81 bits per heavy atom. The van der Waals surface area contributed by atoms with Crippen LogP contribution in [0, 0.1) is 6.92 Å². The lowest BCUT2D eigenvalue weighted by Gasteiger charge is -1.98. The molecule has 0 saturated carbocycles. The van der Waals surface area contributed by atoms with E-state index >= 15 is 0 Å². The number of carbonyl (C=O) groups excluding carboxylic acids is 1. The van der Waals surface area contributed by atoms with E-state index in [4.69, 9.17) is 11.6 Å². The zero-order chi connectivity index (χ0) is 11.7. The van der Waals surface area contributed by atoms with Gasteiger partial charge in [0.2, 0.25) is 0 Å². The van der Waals surface area contributed by atoms with Crippen LogP contribution in [-0.2, 0) is 13.5 Å². The lowest BCUT2D eigenvalue weighted by Crippen LogP contribution is -2.08. The van der Waals surface area contributed by atoms with Gasteiger partial charge in [0.05, 0.1) is 10.0 Å². The van der Waals surface area contributed by atoms with Crippen LogP contribution in [0.3, 0.4) is 0 Å². The molecule has 0 radical (unpaired) electrons. The molecule has 0 aliphatic rings. The van der Waals surface area contributed by atoms with E-state index in [1.807, 2.05) is 19.1 Å². The minimum absolute atomic E-state index is 0.0709. The summed E-state index contributed by atoms with van der Waals surface area (Å²) in [7, 11) is 1.78. The molecule has 0 aliphatic carbocycles. The molecule has 0 bridgehead atoms. The second-order valence-electron chi connectivity index (χ2n) is 3.60. The molecule has 2 aromatic rings. The number of aromatic nitrogens is 2. The monoisotopic (exact) mass is 254 g/mol. The molecule has 0 fully saturated rings. The summed E-state index contributed by atoms with van der Waals surface area (Å²) in [6.07, 6.45) is 0.385. The van der Waals surface area contributed by atoms with Crippen molar-refractivity contribution in [1.29, 1.82) is 0 Å². The first-order chi connectivity index (χ1) is 7.56. The van der Waals surface area contributed by atoms with Gasteiger partial charge in [-0.2, -0.15) is 5.10 Å². The zero-order valence-electron chi connectivity index (χ0n) is 9.03. The van der Waals surface area contributed by atoms with Crippen LogP contribution in [-0.4, -0.2) is 15.6 Å². The normalized spacial score (nSPS) is 10.7. The van der Waals surface area contributed by atoms with Gasteiger partial charge in [-0.1, -0.05) is 11.6 Å². The molecule has 2 heterocycles. The van der Waals surface area contributed by atoms with Gasteiger partial charge in [-0.15, -0.1) is 11.3 Å². The Hall–Kier alpha value is -1.13. The number of thiophene rings is 1. The van der Waals surface area contributed by atoms with Crippen molar-refractivity contribution >= 4 is 28.7 Å². The predicted molar refractivity (Wildman–Crippen MR) is 65.3 cm³/mol. The number of rotatable bonds is 3. The van der Waals surface area contributed by atoms with Gasteiger partial charge >= 0.3 is 0 Å². The molecule has 2 rings (SSSR count). The first-order valence-corrected chi connectivity index (χ1v) is 6.04. The number of hydrogen-bond acceptors (Lipinski definition) is 3. The van der Waals surface area contributed by atoms with Crippen molar-refractivity contribution in [3.05, 3.63) is 38.8 Å². The van der Waals surface area contributed by atoms with E-state index in [2.05, 4.69) is 5.10 Å². The Morgan fingerprint density at radius 2 is 2.31 bits per heavy atom. The summed E-state index contributed by atoms with van der Waals surface area (Å²) >= 11 is 7.25. The number of Topliss-reactive ketones (excluding diaryl/α,β-unsaturated/α-hetero) is 1. The molecule has 2 aromatic heterocycles. The Labute approximate surface area is 103 Å². The average Bonchev–Trinajstić information content (AvgIpc) is 2.73. The van der Waals surface area contributed by atoms with Crippen molar-refractivity contribution in [3.63, 3.8) is 0 Å². The van der Waals surface area contributed by atoms with Crippen molar-refractivity contribution in [2.45, 2.75) is 13.3 Å². The number of carbonyl (C=O) groups is 1. The van der Waals surface area contributed by atoms with Crippen molar-refractivity contribution in [1.82, 2.24) is 9.78 Å². The number of ketones is 1. The van der Waals surface area contributed by atoms with E-state index < -0.39 is 0 Å². The van der Waals surface area contributed by atoms with Crippen LogP contribution in [0.15, 0.2) is 18.2 Å². The van der Waals surface area contributed by atoms with Gasteiger partial charge in [0.25, 0.3) is 0 Å². The molecule has 84 valence electrons. The summed E-state index contributed by atoms with van der Waals surface area (Å²) in [5.41, 5.74) is 1.50. The molecular formula is C11H11ClN2OS. The van der Waals surface area contributed by atoms with Crippen molar-refractivity contribution in [2.75, 3.05) is 0 Å². The molecule has 3 nitrogen and oxygen atoms in total. The first-order valence-electron chi connectivity index (χ1n) is 4.84. The minimum atomic E-state index is 0.0709. The number of nitrogens with zero attached hydrogens (tertiary/aromatic N) is 2. The molecule has 0 atom stereocenters. The fourth-order valence-corrected chi connectivity index (χ4v) is 2.65. The first kappa shape index (κ1) is 11.4. The molecule has 0 N–H and O–H groups in total. The Morgan fingerprint density at radius 1 is 1.56 bits per heavy atom. The van der Waals surface area contributed by atoms with Gasteiger partial charge in [-0.25, -0.2) is 0 Å². The van der Waals surface area contributed by atoms with Crippen LogP contribution in [0.2, 0.25) is 4.34 Å². The molecule has 5 heteroatoms. The fourth-order valence-electron chi connectivity index (χ4n) is 1.57. The lowest BCUT2D eigenvalue weighted by molar-refractivity contribution is 0.0985. The number of halogens is 1. The number of aryl methyl sites for hydroxylation is 2. The second kappa shape index (κ2) is 4.39. The van der Waals surface area contributed by atoms with Crippen LogP contribution >= 0.6 is 22.9 Å². The average molecular weight is 255 g/mol. The summed E-state index contributed by atoms with van der Waals surface area (Å²) in [5.74, 6) is 0.0709. The molecule has 0 amide bonds. The van der Waals surface area contributed by atoms with E-state index in [1.165, 1.54) is 11.3 Å². The highest BCUT2D eigenvalue weighted by Crippen LogP contribution is 2.22. The number of hydrogen-bond donors (Lipinski definition) is 0. The zero-order valence-corrected chi connectivity index (χ0v) is 10.6. The molecular weight excluding hydrogens is 244 g/mol. The third kappa shape index (κ3) is 2.33. The molecule has 16 heavy (non-hydrogen) atoms. The summed E-state index contributed by atoms with van der Waals surface area (Å²) in [4.78, 5) is 12.9. The van der Waals surface area contributed by atoms with Crippen LogP contribution < -0.4 is 0 Å². The quantitative estimate of drug-likeness (QED) is 0.790. The Kier molecular flexibility index (Phi) is 3.12. The minimum Gasteiger partial charge on any atom is -0.292 e. The van der Waals surface area contributed by atoms with E-state index in [0.717, 1.165) is 10.6 Å². The lowest BCUT2D eigenvalue weighted by atomic mass is 10.2. The highest BCUT2D eigenvalue weighted by Gasteiger charge is 2.13. The highest BCUT2D eigenvalue weighted by atomic mass is 35.5. The molecule has 0 spiro atoms. The van der Waals surface area contributed by atoms with Gasteiger partial charge in [0, 0.05) is 18.3 Å². The second-order valence-corrected chi connectivity index (χ2v) is 5.40. The Bertz CT molecular complexity index is 530. The van der Waals surface area contributed by atoms with Crippen LogP contribution in [0.25, 0.3) is 0 Å². The van der Waals surface area contributed by atoms with E-state index in [0.29, 0.717) is 16.5 Å². The molecule has 0 unspecified atom stereocenters. The third-order valence-electron chi connectivity index (χ3n) is 2.25. The molecule has 0 aromatic carbocycles. The maximum atomic E-state index is 12.0. The van der Waals surface area contributed by atoms with Crippen molar-refractivity contribution in [2.24, 2.45) is 7.05 Å². The topological polar surface area (TPSA) is 34.9 Å². The summed E-state index contributed by atoms with van der Waals surface area (Å²) in [6.45, 7) is 1.87. The standard InChI is InChI=1S/C11H11ClN2OS/c1-7-5-9(14(2)13-7)10(15)6-8-3-4-11(12)16-8/h3-5H,6H2,1-2H3. The largest absolute Gasteiger partial charge is 0.292 e. The van der Waals surface area contributed by atoms with Crippen LogP contribution in [0.4, 0.5) is 0 Å². The van der Waals surface area contributed by atoms with Crippen LogP contribution in [0.5, 0.6) is 0 Å². The van der Waals surface area contributed by atoms with Gasteiger partial charge in [0.1, 0.15) is 5.69 Å². The molecule has 0 saturated heterocycles. The summed E-state index contributed by atoms with van der Waals surface area (Å²) < 4.78 is 2.33. The van der Waals surface area contributed by atoms with Gasteiger partial charge in [-0.05, 0) is 25.1 Å². The van der Waals surface area contributed by atoms with Crippen molar-refractivity contribution in [3.8, 4) is 0 Å². The highest BCUT2D eigenvalue weighted by molar-refractivity contribution is 7.16. The van der Waals surface area contributed by atoms with Gasteiger partial charge in [0.15, 0.2) is 5.78 Å². The maximum Gasteiger partial charge on any atom is 0.186 e. The molecule has 0 aliphatic heterocycles. The maximum absolute atomic E-state index is 12.0. The SMILES string of the molecule is Cc1cc(C(=O)Cc2ccc(Cl)s2)n(C)n1. The fraction of sp³-hybridized carbons (Fsp3) is 0.273. The van der Waals surface area contributed by atoms with Crippen LogP contribution in [0.1, 0.15) is 21.1 Å². The Balaban J connectivity index is 2.17. The predicted octanol–water partition coefficient (Wildman–Crippen LogP) is 2.87. The smallest absolute Gasteiger partial charge is 0.186 e. The summed E-state index contributed by atoms with van der Waals surface area (Å²) in [6, 6.07) is 5.50.